The SMILES string of the molecule is C=CCNCCCNCC=CCNCCCNCCC.Cl.Cl.Cl.Cl. The van der Waals surface area contributed by atoms with Crippen LogP contribution < -0.4 is 21.3 Å². The summed E-state index contributed by atoms with van der Waals surface area (Å²) >= 11 is 0. The van der Waals surface area contributed by atoms with E-state index in [-0.39, 0.29) is 49.6 Å². The van der Waals surface area contributed by atoms with E-state index >= 15 is 0 Å². The lowest BCUT2D eigenvalue weighted by molar-refractivity contribution is 0.608. The smallest absolute Gasteiger partial charge is 0.0135 e. The van der Waals surface area contributed by atoms with Gasteiger partial charge in [0.15, 0.2) is 0 Å². The van der Waals surface area contributed by atoms with Crippen LogP contribution in [0.1, 0.15) is 26.2 Å². The van der Waals surface area contributed by atoms with Crippen molar-refractivity contribution in [3.63, 3.8) is 0 Å². The fraction of sp³-hybridized carbons (Fsp3) is 0.750. The molecular formula is C16H38Cl4N4. The Morgan fingerprint density at radius 2 is 1.04 bits per heavy atom. The molecule has 24 heavy (non-hydrogen) atoms. The summed E-state index contributed by atoms with van der Waals surface area (Å²) in [6, 6.07) is 0. The van der Waals surface area contributed by atoms with Crippen LogP contribution in [0.25, 0.3) is 0 Å². The Morgan fingerprint density at radius 1 is 0.625 bits per heavy atom. The van der Waals surface area contributed by atoms with Crippen molar-refractivity contribution < 1.29 is 0 Å². The summed E-state index contributed by atoms with van der Waals surface area (Å²) in [5.41, 5.74) is 0. The number of hydrogen-bond donors (Lipinski definition) is 4. The standard InChI is InChI=1S/C16H34N4.4ClH/c1-3-9-17-13-7-15-19-11-5-6-12-20-16-8-14-18-10-4-2;;;;/h3,5-6,17-20H,1,4,7-16H2,2H3;4*1H. The molecule has 0 atom stereocenters. The van der Waals surface area contributed by atoms with Gasteiger partial charge in [0.05, 0.1) is 0 Å². The molecule has 0 aromatic heterocycles. The minimum atomic E-state index is 0. The van der Waals surface area contributed by atoms with Crippen molar-refractivity contribution in [1.29, 1.82) is 0 Å². The van der Waals surface area contributed by atoms with Crippen molar-refractivity contribution in [2.24, 2.45) is 0 Å². The second kappa shape index (κ2) is 34.7. The van der Waals surface area contributed by atoms with Crippen molar-refractivity contribution >= 4 is 49.6 Å². The van der Waals surface area contributed by atoms with Crippen LogP contribution in [0.15, 0.2) is 24.8 Å². The zero-order valence-corrected chi connectivity index (χ0v) is 18.1. The van der Waals surface area contributed by atoms with E-state index in [4.69, 9.17) is 0 Å². The maximum Gasteiger partial charge on any atom is 0.0135 e. The summed E-state index contributed by atoms with van der Waals surface area (Å²) in [6.45, 7) is 14.1. The van der Waals surface area contributed by atoms with Crippen LogP contribution in [0.2, 0.25) is 0 Å². The normalized spacial score (nSPS) is 9.38. The Balaban J connectivity index is -0.000000301. The van der Waals surface area contributed by atoms with E-state index in [0.717, 1.165) is 58.8 Å². The maximum absolute atomic E-state index is 3.67. The predicted molar refractivity (Wildman–Crippen MR) is 119 cm³/mol. The molecule has 0 rings (SSSR count). The van der Waals surface area contributed by atoms with Crippen molar-refractivity contribution in [1.82, 2.24) is 21.3 Å². The Morgan fingerprint density at radius 3 is 1.46 bits per heavy atom. The molecule has 8 heteroatoms. The molecule has 0 saturated heterocycles. The van der Waals surface area contributed by atoms with Crippen molar-refractivity contribution in [2.75, 3.05) is 52.4 Å². The van der Waals surface area contributed by atoms with Gasteiger partial charge >= 0.3 is 0 Å². The third-order valence-electron chi connectivity index (χ3n) is 2.82. The molecule has 0 fully saturated rings. The lowest BCUT2D eigenvalue weighted by atomic mass is 10.4. The first-order chi connectivity index (χ1) is 9.91. The molecular weight excluding hydrogens is 390 g/mol. The molecule has 150 valence electrons. The quantitative estimate of drug-likeness (QED) is 0.226. The van der Waals surface area contributed by atoms with Crippen LogP contribution in [0.3, 0.4) is 0 Å². The molecule has 0 unspecified atom stereocenters. The van der Waals surface area contributed by atoms with Gasteiger partial charge in [-0.1, -0.05) is 25.2 Å². The van der Waals surface area contributed by atoms with Crippen LogP contribution in [0.4, 0.5) is 0 Å². The predicted octanol–water partition coefficient (Wildman–Crippen LogP) is 2.96. The van der Waals surface area contributed by atoms with Crippen LogP contribution >= 0.6 is 49.6 Å². The fourth-order valence-corrected chi connectivity index (χ4v) is 1.72. The van der Waals surface area contributed by atoms with E-state index in [2.05, 4.69) is 46.9 Å². The summed E-state index contributed by atoms with van der Waals surface area (Å²) in [5.74, 6) is 0. The van der Waals surface area contributed by atoms with Crippen LogP contribution in [-0.4, -0.2) is 52.4 Å². The molecule has 0 heterocycles. The maximum atomic E-state index is 3.67. The molecule has 0 aliphatic heterocycles. The highest BCUT2D eigenvalue weighted by molar-refractivity contribution is 5.86. The fourth-order valence-electron chi connectivity index (χ4n) is 1.72. The molecule has 0 aliphatic carbocycles. The Labute approximate surface area is 174 Å². The van der Waals surface area contributed by atoms with Crippen molar-refractivity contribution in [3.05, 3.63) is 24.8 Å². The topological polar surface area (TPSA) is 48.1 Å². The first-order valence-corrected chi connectivity index (χ1v) is 8.00. The van der Waals surface area contributed by atoms with E-state index in [1.807, 2.05) is 6.08 Å². The van der Waals surface area contributed by atoms with Gasteiger partial charge in [-0.2, -0.15) is 0 Å². The van der Waals surface area contributed by atoms with Gasteiger partial charge in [-0.05, 0) is 52.0 Å². The highest BCUT2D eigenvalue weighted by Gasteiger charge is 1.87. The summed E-state index contributed by atoms with van der Waals surface area (Å²) in [4.78, 5) is 0. The van der Waals surface area contributed by atoms with Crippen LogP contribution in [-0.2, 0) is 0 Å². The van der Waals surface area contributed by atoms with E-state index in [1.165, 1.54) is 12.8 Å². The van der Waals surface area contributed by atoms with Gasteiger partial charge in [-0.25, -0.2) is 0 Å². The van der Waals surface area contributed by atoms with E-state index in [0.29, 0.717) is 0 Å². The Bertz CT molecular complexity index is 232. The molecule has 0 aromatic rings. The average Bonchev–Trinajstić information content (AvgIpc) is 2.47. The number of hydrogen-bond acceptors (Lipinski definition) is 4. The number of halogens is 4. The largest absolute Gasteiger partial charge is 0.317 e. The zero-order valence-electron chi connectivity index (χ0n) is 14.9. The Kier molecular flexibility index (Phi) is 51.5. The molecule has 0 aromatic carbocycles. The van der Waals surface area contributed by atoms with Gasteiger partial charge in [0, 0.05) is 19.6 Å². The second-order valence-corrected chi connectivity index (χ2v) is 4.83. The summed E-state index contributed by atoms with van der Waals surface area (Å²) in [5, 5.41) is 13.5. The minimum absolute atomic E-state index is 0. The number of nitrogens with one attached hydrogen (secondary N) is 4. The average molecular weight is 428 g/mol. The zero-order chi connectivity index (χ0) is 14.7. The third-order valence-corrected chi connectivity index (χ3v) is 2.82. The van der Waals surface area contributed by atoms with Crippen molar-refractivity contribution in [3.8, 4) is 0 Å². The molecule has 0 bridgehead atoms. The first-order valence-electron chi connectivity index (χ1n) is 8.00. The molecule has 0 amide bonds. The van der Waals surface area contributed by atoms with Crippen molar-refractivity contribution in [2.45, 2.75) is 26.2 Å². The summed E-state index contributed by atoms with van der Waals surface area (Å²) in [7, 11) is 0. The molecule has 0 spiro atoms. The van der Waals surface area contributed by atoms with Gasteiger partial charge in [0.2, 0.25) is 0 Å². The van der Waals surface area contributed by atoms with Gasteiger partial charge in [0.25, 0.3) is 0 Å². The summed E-state index contributed by atoms with van der Waals surface area (Å²) in [6.07, 6.45) is 9.85. The van der Waals surface area contributed by atoms with E-state index in [1.54, 1.807) is 0 Å². The van der Waals surface area contributed by atoms with Crippen LogP contribution in [0, 0.1) is 0 Å². The van der Waals surface area contributed by atoms with E-state index in [9.17, 15) is 0 Å². The van der Waals surface area contributed by atoms with Gasteiger partial charge in [-0.3, -0.25) is 0 Å². The second-order valence-electron chi connectivity index (χ2n) is 4.83. The number of rotatable bonds is 16. The Hall–Kier alpha value is 0.480. The lowest BCUT2D eigenvalue weighted by Gasteiger charge is -2.04. The van der Waals surface area contributed by atoms with Gasteiger partial charge in [-0.15, -0.1) is 56.2 Å². The minimum Gasteiger partial charge on any atom is -0.317 e. The molecule has 4 nitrogen and oxygen atoms in total. The van der Waals surface area contributed by atoms with Gasteiger partial charge < -0.3 is 21.3 Å². The lowest BCUT2D eigenvalue weighted by Crippen LogP contribution is -2.23. The molecule has 0 radical (unpaired) electrons. The first kappa shape index (κ1) is 35.6. The molecule has 0 aliphatic rings. The molecule has 0 saturated carbocycles. The highest BCUT2D eigenvalue weighted by Crippen LogP contribution is 1.77. The van der Waals surface area contributed by atoms with Gasteiger partial charge in [0.1, 0.15) is 0 Å². The molecule has 4 N–H and O–H groups in total. The highest BCUT2D eigenvalue weighted by atomic mass is 35.5. The summed E-state index contributed by atoms with van der Waals surface area (Å²) < 4.78 is 0. The van der Waals surface area contributed by atoms with Crippen LogP contribution in [0.5, 0.6) is 0 Å². The third kappa shape index (κ3) is 33.9. The van der Waals surface area contributed by atoms with E-state index < -0.39 is 0 Å². The monoisotopic (exact) mass is 426 g/mol.